The molecule has 2 aromatic rings. The number of rotatable bonds is 4. The summed E-state index contributed by atoms with van der Waals surface area (Å²) in [5, 5.41) is 1.20. The Morgan fingerprint density at radius 2 is 2.00 bits per heavy atom. The lowest BCUT2D eigenvalue weighted by Crippen LogP contribution is -2.07. The van der Waals surface area contributed by atoms with Crippen LogP contribution in [0, 0.1) is 5.41 Å². The van der Waals surface area contributed by atoms with E-state index < -0.39 is 0 Å². The van der Waals surface area contributed by atoms with Crippen molar-refractivity contribution in [1.82, 2.24) is 4.57 Å². The van der Waals surface area contributed by atoms with E-state index in [-0.39, 0.29) is 0 Å². The van der Waals surface area contributed by atoms with Crippen LogP contribution < -0.4 is 0 Å². The molecule has 2 nitrogen and oxygen atoms in total. The Morgan fingerprint density at radius 3 is 2.67 bits per heavy atom. The zero-order valence-electron chi connectivity index (χ0n) is 11.4. The number of fused-ring (bicyclic) bond motifs is 1. The van der Waals surface area contributed by atoms with Crippen molar-refractivity contribution in [3.05, 3.63) is 36.0 Å². The molecule has 0 aliphatic carbocycles. The van der Waals surface area contributed by atoms with Crippen molar-refractivity contribution >= 4 is 17.2 Å². The molecule has 96 valence electrons. The Labute approximate surface area is 109 Å². The van der Waals surface area contributed by atoms with E-state index in [1.54, 1.807) is 0 Å². The number of hydrogen-bond donors (Lipinski definition) is 0. The summed E-state index contributed by atoms with van der Waals surface area (Å²) in [4.78, 5) is 10.8. The quantitative estimate of drug-likeness (QED) is 0.735. The topological polar surface area (TPSA) is 22.0 Å². The maximum absolute atomic E-state index is 10.8. The van der Waals surface area contributed by atoms with Crippen LogP contribution in [-0.4, -0.2) is 10.9 Å². The lowest BCUT2D eigenvalue weighted by molar-refractivity contribution is 0.112. The smallest absolute Gasteiger partial charge is 0.150 e. The second kappa shape index (κ2) is 4.97. The molecule has 0 aliphatic heterocycles. The highest BCUT2D eigenvalue weighted by molar-refractivity contribution is 5.87. The largest absolute Gasteiger partial charge is 0.347 e. The van der Waals surface area contributed by atoms with Gasteiger partial charge >= 0.3 is 0 Å². The molecule has 1 aromatic carbocycles. The molecule has 0 bridgehead atoms. The molecule has 0 N–H and O–H groups in total. The highest BCUT2D eigenvalue weighted by Crippen LogP contribution is 2.23. The molecule has 2 rings (SSSR count). The van der Waals surface area contributed by atoms with Gasteiger partial charge in [0.1, 0.15) is 6.29 Å². The number of nitrogens with zero attached hydrogens (tertiary/aromatic N) is 1. The number of aldehydes is 1. The van der Waals surface area contributed by atoms with Crippen molar-refractivity contribution in [3.8, 4) is 0 Å². The fraction of sp³-hybridized carbons (Fsp3) is 0.438. The third-order valence-corrected chi connectivity index (χ3v) is 3.26. The van der Waals surface area contributed by atoms with E-state index in [1.165, 1.54) is 18.2 Å². The molecular weight excluding hydrogens is 222 g/mol. The van der Waals surface area contributed by atoms with Crippen molar-refractivity contribution in [1.29, 1.82) is 0 Å². The lowest BCUT2D eigenvalue weighted by atomic mass is 9.91. The van der Waals surface area contributed by atoms with E-state index in [2.05, 4.69) is 37.6 Å². The van der Waals surface area contributed by atoms with Gasteiger partial charge in [-0.1, -0.05) is 32.9 Å². The third-order valence-electron chi connectivity index (χ3n) is 3.26. The van der Waals surface area contributed by atoms with Gasteiger partial charge in [0, 0.05) is 23.8 Å². The van der Waals surface area contributed by atoms with Crippen LogP contribution in [0.15, 0.2) is 30.5 Å². The third kappa shape index (κ3) is 3.00. The van der Waals surface area contributed by atoms with Crippen molar-refractivity contribution in [2.24, 2.45) is 5.41 Å². The fourth-order valence-corrected chi connectivity index (χ4v) is 2.25. The van der Waals surface area contributed by atoms with Crippen molar-refractivity contribution in [3.63, 3.8) is 0 Å². The molecule has 0 radical (unpaired) electrons. The molecule has 0 unspecified atom stereocenters. The molecule has 0 fully saturated rings. The lowest BCUT2D eigenvalue weighted by Gasteiger charge is -2.18. The SMILES string of the molecule is CC(C)(C)CCCn1ccc2ccc(C=O)cc21. The zero-order valence-corrected chi connectivity index (χ0v) is 11.4. The van der Waals surface area contributed by atoms with Gasteiger partial charge in [0.2, 0.25) is 0 Å². The average molecular weight is 243 g/mol. The van der Waals surface area contributed by atoms with Crippen LogP contribution >= 0.6 is 0 Å². The summed E-state index contributed by atoms with van der Waals surface area (Å²) in [6.45, 7) is 7.82. The first-order valence-corrected chi connectivity index (χ1v) is 6.54. The van der Waals surface area contributed by atoms with E-state index in [0.29, 0.717) is 5.41 Å². The average Bonchev–Trinajstić information content (AvgIpc) is 2.70. The minimum absolute atomic E-state index is 0.386. The normalized spacial score (nSPS) is 11.9. The Hall–Kier alpha value is -1.57. The first-order valence-electron chi connectivity index (χ1n) is 6.54. The van der Waals surface area contributed by atoms with E-state index in [1.807, 2.05) is 18.2 Å². The standard InChI is InChI=1S/C16H21NO/c1-16(2,3)8-4-9-17-10-7-14-6-5-13(12-18)11-15(14)17/h5-7,10-12H,4,8-9H2,1-3H3. The summed E-state index contributed by atoms with van der Waals surface area (Å²) in [5.74, 6) is 0. The first kappa shape index (κ1) is 12.9. The number of aromatic nitrogens is 1. The van der Waals surface area contributed by atoms with Gasteiger partial charge in [-0.2, -0.15) is 0 Å². The fourth-order valence-electron chi connectivity index (χ4n) is 2.25. The summed E-state index contributed by atoms with van der Waals surface area (Å²) in [7, 11) is 0. The van der Waals surface area contributed by atoms with Gasteiger partial charge in [0.25, 0.3) is 0 Å². The summed E-state index contributed by atoms with van der Waals surface area (Å²) in [6, 6.07) is 7.97. The Kier molecular flexibility index (Phi) is 3.55. The van der Waals surface area contributed by atoms with Gasteiger partial charge in [0.15, 0.2) is 0 Å². The van der Waals surface area contributed by atoms with Gasteiger partial charge in [-0.05, 0) is 35.8 Å². The maximum atomic E-state index is 10.8. The Bertz CT molecular complexity index is 546. The number of carbonyl (C=O) groups is 1. The van der Waals surface area contributed by atoms with E-state index >= 15 is 0 Å². The summed E-state index contributed by atoms with van der Waals surface area (Å²) in [6.07, 6.45) is 5.40. The highest BCUT2D eigenvalue weighted by Gasteiger charge is 2.10. The maximum Gasteiger partial charge on any atom is 0.150 e. The van der Waals surface area contributed by atoms with Crippen LogP contribution in [0.4, 0.5) is 0 Å². The predicted molar refractivity (Wildman–Crippen MR) is 76.0 cm³/mol. The predicted octanol–water partition coefficient (Wildman–Crippen LogP) is 4.28. The molecule has 2 heteroatoms. The zero-order chi connectivity index (χ0) is 13.2. The van der Waals surface area contributed by atoms with Crippen LogP contribution in [0.2, 0.25) is 0 Å². The molecule has 0 saturated heterocycles. The highest BCUT2D eigenvalue weighted by atomic mass is 16.1. The second-order valence-electron chi connectivity index (χ2n) is 6.11. The molecule has 0 saturated carbocycles. The van der Waals surface area contributed by atoms with E-state index in [0.717, 1.165) is 23.9 Å². The molecule has 0 amide bonds. The first-order chi connectivity index (χ1) is 8.49. The van der Waals surface area contributed by atoms with Crippen LogP contribution in [0.5, 0.6) is 0 Å². The van der Waals surface area contributed by atoms with Crippen LogP contribution in [0.25, 0.3) is 10.9 Å². The molecule has 0 aliphatic rings. The van der Waals surface area contributed by atoms with Crippen molar-refractivity contribution < 1.29 is 4.79 Å². The van der Waals surface area contributed by atoms with Crippen LogP contribution in [0.1, 0.15) is 44.0 Å². The summed E-state index contributed by atoms with van der Waals surface area (Å²) < 4.78 is 2.24. The molecule has 0 spiro atoms. The number of carbonyl (C=O) groups excluding carboxylic acids is 1. The molecular formula is C16H21NO. The Balaban J connectivity index is 2.15. The van der Waals surface area contributed by atoms with Gasteiger partial charge in [-0.3, -0.25) is 4.79 Å². The summed E-state index contributed by atoms with van der Waals surface area (Å²) in [5.41, 5.74) is 2.29. The van der Waals surface area contributed by atoms with E-state index in [9.17, 15) is 4.79 Å². The molecule has 0 atom stereocenters. The van der Waals surface area contributed by atoms with Crippen LogP contribution in [0.3, 0.4) is 0 Å². The molecule has 1 aromatic heterocycles. The molecule has 18 heavy (non-hydrogen) atoms. The number of hydrogen-bond acceptors (Lipinski definition) is 1. The molecule has 1 heterocycles. The minimum Gasteiger partial charge on any atom is -0.347 e. The summed E-state index contributed by atoms with van der Waals surface area (Å²) >= 11 is 0. The van der Waals surface area contributed by atoms with Crippen LogP contribution in [-0.2, 0) is 6.54 Å². The van der Waals surface area contributed by atoms with Gasteiger partial charge in [-0.25, -0.2) is 0 Å². The van der Waals surface area contributed by atoms with Crippen molar-refractivity contribution in [2.45, 2.75) is 40.2 Å². The minimum atomic E-state index is 0.386. The van der Waals surface area contributed by atoms with Gasteiger partial charge < -0.3 is 4.57 Å². The number of benzene rings is 1. The van der Waals surface area contributed by atoms with Gasteiger partial charge in [-0.15, -0.1) is 0 Å². The number of aryl methyl sites for hydroxylation is 1. The second-order valence-corrected chi connectivity index (χ2v) is 6.11. The van der Waals surface area contributed by atoms with Crippen molar-refractivity contribution in [2.75, 3.05) is 0 Å². The Morgan fingerprint density at radius 1 is 1.22 bits per heavy atom. The van der Waals surface area contributed by atoms with E-state index in [4.69, 9.17) is 0 Å². The monoisotopic (exact) mass is 243 g/mol. The van der Waals surface area contributed by atoms with Gasteiger partial charge in [0.05, 0.1) is 0 Å².